The Labute approximate surface area is 157 Å². The third-order valence-corrected chi connectivity index (χ3v) is 5.26. The van der Waals surface area contributed by atoms with Crippen LogP contribution in [0.1, 0.15) is 40.3 Å². The van der Waals surface area contributed by atoms with Gasteiger partial charge in [0, 0.05) is 37.7 Å². The van der Waals surface area contributed by atoms with Crippen molar-refractivity contribution in [1.82, 2.24) is 9.88 Å². The van der Waals surface area contributed by atoms with E-state index in [0.29, 0.717) is 0 Å². The SMILES string of the molecule is CCSCCN(CCSCC)Cc1cccc(NCC(C)(C)C)n1. The molecule has 138 valence electrons. The maximum Gasteiger partial charge on any atom is 0.126 e. The minimum atomic E-state index is 0.262. The third kappa shape index (κ3) is 10.5. The highest BCUT2D eigenvalue weighted by molar-refractivity contribution is 7.99. The van der Waals surface area contributed by atoms with E-state index < -0.39 is 0 Å². The highest BCUT2D eigenvalue weighted by Gasteiger charge is 2.11. The highest BCUT2D eigenvalue weighted by atomic mass is 32.2. The van der Waals surface area contributed by atoms with E-state index in [9.17, 15) is 0 Å². The summed E-state index contributed by atoms with van der Waals surface area (Å²) in [5.74, 6) is 5.79. The molecular weight excluding hydrogens is 334 g/mol. The number of aromatic nitrogens is 1. The van der Waals surface area contributed by atoms with Gasteiger partial charge in [0.15, 0.2) is 0 Å². The molecule has 3 nitrogen and oxygen atoms in total. The number of hydrogen-bond acceptors (Lipinski definition) is 5. The van der Waals surface area contributed by atoms with Crippen molar-refractivity contribution in [2.24, 2.45) is 5.41 Å². The second-order valence-electron chi connectivity index (χ2n) is 7.10. The monoisotopic (exact) mass is 369 g/mol. The van der Waals surface area contributed by atoms with Crippen molar-refractivity contribution >= 4 is 29.3 Å². The van der Waals surface area contributed by atoms with Gasteiger partial charge in [0.2, 0.25) is 0 Å². The van der Waals surface area contributed by atoms with Gasteiger partial charge in [-0.15, -0.1) is 0 Å². The molecule has 0 radical (unpaired) electrons. The Hall–Kier alpha value is -0.390. The summed E-state index contributed by atoms with van der Waals surface area (Å²) in [6, 6.07) is 6.34. The maximum atomic E-state index is 4.81. The Morgan fingerprint density at radius 3 is 2.21 bits per heavy atom. The van der Waals surface area contributed by atoms with Crippen molar-refractivity contribution < 1.29 is 0 Å². The molecule has 0 saturated carbocycles. The first kappa shape index (κ1) is 21.7. The van der Waals surface area contributed by atoms with E-state index in [0.717, 1.165) is 37.7 Å². The zero-order valence-corrected chi connectivity index (χ0v) is 17.7. The molecular formula is C19H35N3S2. The quantitative estimate of drug-likeness (QED) is 0.532. The van der Waals surface area contributed by atoms with Crippen LogP contribution in [0.4, 0.5) is 5.82 Å². The van der Waals surface area contributed by atoms with Gasteiger partial charge in [0.1, 0.15) is 5.82 Å². The molecule has 0 amide bonds. The number of nitrogens with one attached hydrogen (secondary N) is 1. The van der Waals surface area contributed by atoms with Crippen molar-refractivity contribution in [1.29, 1.82) is 0 Å². The van der Waals surface area contributed by atoms with E-state index in [-0.39, 0.29) is 5.41 Å². The maximum absolute atomic E-state index is 4.81. The number of pyridine rings is 1. The van der Waals surface area contributed by atoms with Crippen LogP contribution in [0.2, 0.25) is 0 Å². The zero-order chi connectivity index (χ0) is 17.8. The molecule has 0 saturated heterocycles. The van der Waals surface area contributed by atoms with Crippen molar-refractivity contribution in [3.05, 3.63) is 23.9 Å². The van der Waals surface area contributed by atoms with Crippen molar-refractivity contribution in [3.8, 4) is 0 Å². The Bertz CT molecular complexity index is 436. The van der Waals surface area contributed by atoms with Crippen LogP contribution in [-0.2, 0) is 6.54 Å². The van der Waals surface area contributed by atoms with Crippen LogP contribution in [-0.4, -0.2) is 52.5 Å². The van der Waals surface area contributed by atoms with Crippen LogP contribution in [0.3, 0.4) is 0 Å². The lowest BCUT2D eigenvalue weighted by Crippen LogP contribution is -2.29. The molecule has 1 rings (SSSR count). The average Bonchev–Trinajstić information content (AvgIpc) is 2.53. The summed E-state index contributed by atoms with van der Waals surface area (Å²) in [5, 5.41) is 3.46. The van der Waals surface area contributed by atoms with Crippen molar-refractivity contribution in [2.75, 3.05) is 48.0 Å². The summed E-state index contributed by atoms with van der Waals surface area (Å²) < 4.78 is 0. The zero-order valence-electron chi connectivity index (χ0n) is 16.1. The molecule has 5 heteroatoms. The second kappa shape index (κ2) is 12.0. The first-order chi connectivity index (χ1) is 11.4. The molecule has 1 aromatic heterocycles. The van der Waals surface area contributed by atoms with Gasteiger partial charge >= 0.3 is 0 Å². The third-order valence-electron chi connectivity index (χ3n) is 3.50. The topological polar surface area (TPSA) is 28.2 Å². The van der Waals surface area contributed by atoms with Gasteiger partial charge in [-0.2, -0.15) is 23.5 Å². The molecule has 1 aromatic rings. The number of nitrogens with zero attached hydrogens (tertiary/aromatic N) is 2. The average molecular weight is 370 g/mol. The summed E-state index contributed by atoms with van der Waals surface area (Å²) in [6.07, 6.45) is 0. The molecule has 0 unspecified atom stereocenters. The summed E-state index contributed by atoms with van der Waals surface area (Å²) >= 11 is 4.04. The van der Waals surface area contributed by atoms with Crippen molar-refractivity contribution in [2.45, 2.75) is 41.2 Å². The van der Waals surface area contributed by atoms with E-state index in [2.05, 4.69) is 63.0 Å². The summed E-state index contributed by atoms with van der Waals surface area (Å²) in [4.78, 5) is 7.35. The van der Waals surface area contributed by atoms with Crippen molar-refractivity contribution in [3.63, 3.8) is 0 Å². The number of thioether (sulfide) groups is 2. The lowest BCUT2D eigenvalue weighted by molar-refractivity contribution is 0.297. The Morgan fingerprint density at radius 2 is 1.67 bits per heavy atom. The van der Waals surface area contributed by atoms with Gasteiger partial charge in [-0.3, -0.25) is 4.90 Å². The first-order valence-electron chi connectivity index (χ1n) is 9.02. The lowest BCUT2D eigenvalue weighted by Gasteiger charge is -2.22. The van der Waals surface area contributed by atoms with Crippen LogP contribution in [0.15, 0.2) is 18.2 Å². The predicted octanol–water partition coefficient (Wildman–Crippen LogP) is 4.85. The Kier molecular flexibility index (Phi) is 10.9. The highest BCUT2D eigenvalue weighted by Crippen LogP contribution is 2.15. The molecule has 0 spiro atoms. The van der Waals surface area contributed by atoms with Gasteiger partial charge in [0.25, 0.3) is 0 Å². The van der Waals surface area contributed by atoms with E-state index >= 15 is 0 Å². The lowest BCUT2D eigenvalue weighted by atomic mass is 9.97. The standard InChI is InChI=1S/C19H35N3S2/c1-6-23-13-11-22(12-14-24-7-2)15-17-9-8-10-18(21-17)20-16-19(3,4)5/h8-10H,6-7,11-16H2,1-5H3,(H,20,21). The van der Waals surface area contributed by atoms with Crippen LogP contribution < -0.4 is 5.32 Å². The summed E-state index contributed by atoms with van der Waals surface area (Å²) in [6.45, 7) is 15.3. The van der Waals surface area contributed by atoms with Crippen LogP contribution in [0, 0.1) is 5.41 Å². The minimum absolute atomic E-state index is 0.262. The summed E-state index contributed by atoms with van der Waals surface area (Å²) in [5.41, 5.74) is 1.43. The van der Waals surface area contributed by atoms with Crippen LogP contribution in [0.5, 0.6) is 0 Å². The van der Waals surface area contributed by atoms with Crippen LogP contribution >= 0.6 is 23.5 Å². The molecule has 0 bridgehead atoms. The normalized spacial score (nSPS) is 11.9. The fraction of sp³-hybridized carbons (Fsp3) is 0.737. The Morgan fingerprint density at radius 1 is 1.04 bits per heavy atom. The van der Waals surface area contributed by atoms with Gasteiger partial charge in [-0.05, 0) is 29.1 Å². The number of hydrogen-bond donors (Lipinski definition) is 1. The fourth-order valence-electron chi connectivity index (χ4n) is 2.20. The molecule has 1 heterocycles. The molecule has 0 aliphatic rings. The number of anilines is 1. The van der Waals surface area contributed by atoms with E-state index in [1.54, 1.807) is 0 Å². The van der Waals surface area contributed by atoms with Crippen LogP contribution in [0.25, 0.3) is 0 Å². The fourth-order valence-corrected chi connectivity index (χ4v) is 3.55. The molecule has 24 heavy (non-hydrogen) atoms. The molecule has 0 aliphatic carbocycles. The molecule has 0 aromatic carbocycles. The first-order valence-corrected chi connectivity index (χ1v) is 11.3. The molecule has 1 N–H and O–H groups in total. The van der Waals surface area contributed by atoms with E-state index in [1.165, 1.54) is 23.0 Å². The van der Waals surface area contributed by atoms with Gasteiger partial charge in [0.05, 0.1) is 5.69 Å². The van der Waals surface area contributed by atoms with Gasteiger partial charge in [-0.1, -0.05) is 40.7 Å². The summed E-state index contributed by atoms with van der Waals surface area (Å²) in [7, 11) is 0. The molecule has 0 atom stereocenters. The predicted molar refractivity (Wildman–Crippen MR) is 113 cm³/mol. The van der Waals surface area contributed by atoms with E-state index in [1.807, 2.05) is 23.5 Å². The molecule has 0 fully saturated rings. The minimum Gasteiger partial charge on any atom is -0.370 e. The smallest absolute Gasteiger partial charge is 0.126 e. The largest absolute Gasteiger partial charge is 0.370 e. The Balaban J connectivity index is 2.59. The van der Waals surface area contributed by atoms with E-state index in [4.69, 9.17) is 4.98 Å². The van der Waals surface area contributed by atoms with Gasteiger partial charge in [-0.25, -0.2) is 4.98 Å². The number of rotatable bonds is 12. The second-order valence-corrected chi connectivity index (χ2v) is 9.89. The van der Waals surface area contributed by atoms with Gasteiger partial charge < -0.3 is 5.32 Å². The molecule has 0 aliphatic heterocycles.